The first-order valence-corrected chi connectivity index (χ1v) is 7.21. The summed E-state index contributed by atoms with van der Waals surface area (Å²) >= 11 is 2.49. The van der Waals surface area contributed by atoms with Gasteiger partial charge in [0.2, 0.25) is 0 Å². The fourth-order valence-electron chi connectivity index (χ4n) is 1.43. The van der Waals surface area contributed by atoms with Crippen LogP contribution in [-0.2, 0) is 9.59 Å². The maximum absolute atomic E-state index is 12.0. The van der Waals surface area contributed by atoms with Gasteiger partial charge in [0.1, 0.15) is 0 Å². The predicted molar refractivity (Wildman–Crippen MR) is 68.3 cm³/mol. The van der Waals surface area contributed by atoms with E-state index >= 15 is 0 Å². The summed E-state index contributed by atoms with van der Waals surface area (Å²) in [6.07, 6.45) is -0.987. The summed E-state index contributed by atoms with van der Waals surface area (Å²) in [6, 6.07) is 0. The molecule has 1 aliphatic rings. The third kappa shape index (κ3) is 4.23. The minimum absolute atomic E-state index is 0.00381. The van der Waals surface area contributed by atoms with Crippen molar-refractivity contribution in [1.82, 2.24) is 4.90 Å². The molecule has 7 heteroatoms. The van der Waals surface area contributed by atoms with Crippen LogP contribution in [0.15, 0.2) is 0 Å². The molecule has 2 unspecified atom stereocenters. The first-order chi connectivity index (χ1) is 7.91. The Morgan fingerprint density at radius 1 is 1.53 bits per heavy atom. The van der Waals surface area contributed by atoms with Crippen LogP contribution in [0.25, 0.3) is 0 Å². The summed E-state index contributed by atoms with van der Waals surface area (Å²) in [5, 5.41) is 8.49. The molecule has 0 radical (unpaired) electrons. The molecule has 0 spiro atoms. The zero-order chi connectivity index (χ0) is 13.0. The Morgan fingerprint density at radius 3 is 2.65 bits per heavy atom. The van der Waals surface area contributed by atoms with Gasteiger partial charge in [-0.2, -0.15) is 0 Å². The first-order valence-electron chi connectivity index (χ1n) is 5.18. The van der Waals surface area contributed by atoms with Crippen molar-refractivity contribution in [3.8, 4) is 0 Å². The van der Waals surface area contributed by atoms with E-state index in [-0.39, 0.29) is 28.6 Å². The molecule has 2 atom stereocenters. The van der Waals surface area contributed by atoms with Crippen LogP contribution in [0.3, 0.4) is 0 Å². The number of carboxylic acid groups (broad SMARTS) is 1. The summed E-state index contributed by atoms with van der Waals surface area (Å²) in [6.45, 7) is 3.51. The standard InChI is InChI=1S/C10H15NO4S2/c1-6(4-16-7(2)12)9(13)8-3-11(5-17-8)10(14)15/h6,8H,3-5H2,1-2H3,(H,14,15). The number of amides is 1. The topological polar surface area (TPSA) is 74.7 Å². The van der Waals surface area contributed by atoms with Gasteiger partial charge in [-0.15, -0.1) is 11.8 Å². The lowest BCUT2D eigenvalue weighted by atomic mass is 10.1. The van der Waals surface area contributed by atoms with E-state index in [0.717, 1.165) is 11.8 Å². The fraction of sp³-hybridized carbons (Fsp3) is 0.700. The van der Waals surface area contributed by atoms with E-state index in [1.54, 1.807) is 6.92 Å². The predicted octanol–water partition coefficient (Wildman–Crippen LogP) is 1.52. The molecule has 0 aliphatic carbocycles. The number of Topliss-reactive ketones (excluding diaryl/α,β-unsaturated/α-hetero) is 1. The second-order valence-electron chi connectivity index (χ2n) is 3.90. The van der Waals surface area contributed by atoms with Crippen LogP contribution in [0.4, 0.5) is 4.79 Å². The molecule has 0 aromatic heterocycles. The van der Waals surface area contributed by atoms with E-state index in [1.807, 2.05) is 0 Å². The van der Waals surface area contributed by atoms with Gasteiger partial charge in [0.15, 0.2) is 10.9 Å². The first kappa shape index (κ1) is 14.4. The largest absolute Gasteiger partial charge is 0.465 e. The highest BCUT2D eigenvalue weighted by atomic mass is 32.2. The molecule has 1 aliphatic heterocycles. The van der Waals surface area contributed by atoms with Gasteiger partial charge in [0, 0.05) is 25.1 Å². The smallest absolute Gasteiger partial charge is 0.408 e. The van der Waals surface area contributed by atoms with Crippen LogP contribution >= 0.6 is 23.5 Å². The van der Waals surface area contributed by atoms with Crippen molar-refractivity contribution in [2.24, 2.45) is 5.92 Å². The highest BCUT2D eigenvalue weighted by Gasteiger charge is 2.33. The number of carbonyl (C=O) groups excluding carboxylic acids is 2. The van der Waals surface area contributed by atoms with Crippen molar-refractivity contribution in [2.45, 2.75) is 19.1 Å². The van der Waals surface area contributed by atoms with Crippen molar-refractivity contribution in [3.05, 3.63) is 0 Å². The SMILES string of the molecule is CC(=O)SCC(C)C(=O)C1CN(C(=O)O)CS1. The maximum Gasteiger partial charge on any atom is 0.408 e. The zero-order valence-electron chi connectivity index (χ0n) is 9.71. The Morgan fingerprint density at radius 2 is 2.18 bits per heavy atom. The Bertz CT molecular complexity index is 334. The number of ketones is 1. The zero-order valence-corrected chi connectivity index (χ0v) is 11.3. The highest BCUT2D eigenvalue weighted by molar-refractivity contribution is 8.13. The highest BCUT2D eigenvalue weighted by Crippen LogP contribution is 2.26. The van der Waals surface area contributed by atoms with Gasteiger partial charge in [-0.1, -0.05) is 18.7 Å². The third-order valence-electron chi connectivity index (χ3n) is 2.43. The van der Waals surface area contributed by atoms with Crippen molar-refractivity contribution < 1.29 is 19.5 Å². The minimum Gasteiger partial charge on any atom is -0.465 e. The third-order valence-corrected chi connectivity index (χ3v) is 4.75. The molecule has 1 rings (SSSR count). The van der Waals surface area contributed by atoms with Crippen molar-refractivity contribution in [2.75, 3.05) is 18.2 Å². The summed E-state index contributed by atoms with van der Waals surface area (Å²) < 4.78 is 0. The van der Waals surface area contributed by atoms with Crippen LogP contribution in [0.5, 0.6) is 0 Å². The van der Waals surface area contributed by atoms with Crippen LogP contribution in [0.1, 0.15) is 13.8 Å². The van der Waals surface area contributed by atoms with E-state index in [0.29, 0.717) is 11.6 Å². The second kappa shape index (κ2) is 6.30. The normalized spacial score (nSPS) is 21.3. The average Bonchev–Trinajstić information content (AvgIpc) is 2.73. The number of nitrogens with zero attached hydrogens (tertiary/aromatic N) is 1. The van der Waals surface area contributed by atoms with Crippen LogP contribution in [0.2, 0.25) is 0 Å². The minimum atomic E-state index is -0.987. The second-order valence-corrected chi connectivity index (χ2v) is 6.25. The maximum atomic E-state index is 12.0. The van der Waals surface area contributed by atoms with Gasteiger partial charge in [0.25, 0.3) is 0 Å². The van der Waals surface area contributed by atoms with E-state index in [1.165, 1.54) is 23.6 Å². The molecule has 1 amide bonds. The molecule has 1 N–H and O–H groups in total. The molecule has 1 heterocycles. The monoisotopic (exact) mass is 277 g/mol. The quantitative estimate of drug-likeness (QED) is 0.840. The van der Waals surface area contributed by atoms with E-state index < -0.39 is 6.09 Å². The molecule has 17 heavy (non-hydrogen) atoms. The lowest BCUT2D eigenvalue weighted by molar-refractivity contribution is -0.121. The average molecular weight is 277 g/mol. The van der Waals surface area contributed by atoms with Gasteiger partial charge >= 0.3 is 6.09 Å². The number of thioether (sulfide) groups is 2. The lowest BCUT2D eigenvalue weighted by Crippen LogP contribution is -2.33. The number of rotatable bonds is 4. The number of hydrogen-bond donors (Lipinski definition) is 1. The van der Waals surface area contributed by atoms with Crippen LogP contribution in [-0.4, -0.2) is 50.4 Å². The van der Waals surface area contributed by atoms with Gasteiger partial charge < -0.3 is 5.11 Å². The molecule has 0 saturated carbocycles. The van der Waals surface area contributed by atoms with E-state index in [9.17, 15) is 14.4 Å². The van der Waals surface area contributed by atoms with Crippen molar-refractivity contribution >= 4 is 40.5 Å². The van der Waals surface area contributed by atoms with Gasteiger partial charge in [-0.25, -0.2) is 4.79 Å². The molecular weight excluding hydrogens is 262 g/mol. The molecule has 1 fully saturated rings. The summed E-state index contributed by atoms with van der Waals surface area (Å²) in [7, 11) is 0. The summed E-state index contributed by atoms with van der Waals surface area (Å²) in [4.78, 5) is 34.7. The Kier molecular flexibility index (Phi) is 5.32. The lowest BCUT2D eigenvalue weighted by Gasteiger charge is -2.14. The molecule has 0 bridgehead atoms. The fourth-order valence-corrected chi connectivity index (χ4v) is 3.34. The Hall–Kier alpha value is -0.690. The van der Waals surface area contributed by atoms with Gasteiger partial charge in [-0.3, -0.25) is 14.5 Å². The molecule has 1 saturated heterocycles. The molecule has 96 valence electrons. The van der Waals surface area contributed by atoms with E-state index in [2.05, 4.69) is 0 Å². The molecule has 0 aromatic carbocycles. The van der Waals surface area contributed by atoms with Gasteiger partial charge in [0.05, 0.1) is 11.1 Å². The number of hydrogen-bond acceptors (Lipinski definition) is 5. The summed E-state index contributed by atoms with van der Waals surface area (Å²) in [5.41, 5.74) is 0. The molecule has 5 nitrogen and oxygen atoms in total. The summed E-state index contributed by atoms with van der Waals surface area (Å²) in [5.74, 6) is 0.638. The Labute approximate surface area is 108 Å². The van der Waals surface area contributed by atoms with Crippen molar-refractivity contribution in [1.29, 1.82) is 0 Å². The Balaban J connectivity index is 2.43. The van der Waals surface area contributed by atoms with Gasteiger partial charge in [-0.05, 0) is 0 Å². The van der Waals surface area contributed by atoms with Crippen LogP contribution in [0, 0.1) is 5.92 Å². The molecular formula is C10H15NO4S2. The van der Waals surface area contributed by atoms with Crippen molar-refractivity contribution in [3.63, 3.8) is 0 Å². The van der Waals surface area contributed by atoms with Crippen LogP contribution < -0.4 is 0 Å². The molecule has 0 aromatic rings. The van der Waals surface area contributed by atoms with E-state index in [4.69, 9.17) is 5.11 Å². The number of carbonyl (C=O) groups is 3.